The maximum absolute atomic E-state index is 13.0. The Kier molecular flexibility index (Phi) is 5.69. The van der Waals surface area contributed by atoms with Crippen LogP contribution in [0.2, 0.25) is 0 Å². The molecular formula is C17H21FN2O. The molecule has 0 fully saturated rings. The predicted octanol–water partition coefficient (Wildman–Crippen LogP) is 3.55. The number of ether oxygens (including phenoxy) is 1. The Bertz CT molecular complexity index is 572. The Hall–Kier alpha value is -1.94. The molecular weight excluding hydrogens is 267 g/mol. The zero-order valence-corrected chi connectivity index (χ0v) is 12.5. The summed E-state index contributed by atoms with van der Waals surface area (Å²) in [6, 6.07) is 9.36. The first-order chi connectivity index (χ1) is 10.1. The van der Waals surface area contributed by atoms with Crippen molar-refractivity contribution in [2.45, 2.75) is 27.0 Å². The number of aromatic nitrogens is 1. The molecule has 0 unspecified atom stereocenters. The Morgan fingerprint density at radius 1 is 1.19 bits per heavy atom. The number of hydrogen-bond acceptors (Lipinski definition) is 3. The maximum atomic E-state index is 13.0. The number of pyridine rings is 1. The molecule has 0 aliphatic rings. The lowest BCUT2D eigenvalue weighted by Gasteiger charge is -2.10. The third-order valence-corrected chi connectivity index (χ3v) is 2.95. The first kappa shape index (κ1) is 15.4. The molecule has 0 atom stereocenters. The van der Waals surface area contributed by atoms with Crippen LogP contribution in [0.15, 0.2) is 42.7 Å². The molecule has 1 N–H and O–H groups in total. The number of benzene rings is 1. The molecule has 0 amide bonds. The van der Waals surface area contributed by atoms with Gasteiger partial charge >= 0.3 is 0 Å². The molecule has 4 heteroatoms. The van der Waals surface area contributed by atoms with E-state index in [0.29, 0.717) is 12.5 Å². The fourth-order valence-electron chi connectivity index (χ4n) is 1.95. The van der Waals surface area contributed by atoms with Gasteiger partial charge < -0.3 is 10.1 Å². The zero-order chi connectivity index (χ0) is 15.1. The third kappa shape index (κ3) is 5.52. The molecule has 1 aromatic heterocycles. The molecule has 1 aromatic carbocycles. The molecule has 0 aliphatic heterocycles. The van der Waals surface area contributed by atoms with Crippen LogP contribution in [0.1, 0.15) is 25.0 Å². The Labute approximate surface area is 125 Å². The Morgan fingerprint density at radius 3 is 2.81 bits per heavy atom. The van der Waals surface area contributed by atoms with Gasteiger partial charge in [-0.3, -0.25) is 4.98 Å². The van der Waals surface area contributed by atoms with Gasteiger partial charge in [0.1, 0.15) is 18.2 Å². The largest absolute Gasteiger partial charge is 0.489 e. The Balaban J connectivity index is 1.88. The van der Waals surface area contributed by atoms with Gasteiger partial charge in [-0.05, 0) is 36.2 Å². The second-order valence-electron chi connectivity index (χ2n) is 5.47. The summed E-state index contributed by atoms with van der Waals surface area (Å²) in [5.41, 5.74) is 1.89. The minimum absolute atomic E-state index is 0.313. The summed E-state index contributed by atoms with van der Waals surface area (Å²) >= 11 is 0. The number of nitrogens with zero attached hydrogens (tertiary/aromatic N) is 1. The smallest absolute Gasteiger partial charge is 0.141 e. The van der Waals surface area contributed by atoms with Crippen molar-refractivity contribution in [1.29, 1.82) is 0 Å². The summed E-state index contributed by atoms with van der Waals surface area (Å²) in [7, 11) is 0. The third-order valence-electron chi connectivity index (χ3n) is 2.95. The summed E-state index contributed by atoms with van der Waals surface area (Å²) in [5.74, 6) is 1.07. The van der Waals surface area contributed by atoms with E-state index in [2.05, 4.69) is 30.2 Å². The molecule has 21 heavy (non-hydrogen) atoms. The molecule has 2 aromatic rings. The topological polar surface area (TPSA) is 34.1 Å². The van der Waals surface area contributed by atoms with E-state index < -0.39 is 0 Å². The summed E-state index contributed by atoms with van der Waals surface area (Å²) < 4.78 is 18.7. The lowest BCUT2D eigenvalue weighted by atomic mass is 10.2. The van der Waals surface area contributed by atoms with Crippen molar-refractivity contribution in [2.24, 2.45) is 5.92 Å². The first-order valence-corrected chi connectivity index (χ1v) is 7.15. The Morgan fingerprint density at radius 2 is 2.05 bits per heavy atom. The van der Waals surface area contributed by atoms with E-state index in [0.717, 1.165) is 24.4 Å². The van der Waals surface area contributed by atoms with Crippen molar-refractivity contribution >= 4 is 0 Å². The van der Waals surface area contributed by atoms with E-state index >= 15 is 0 Å². The standard InChI is InChI=1S/C17H21FN2O/c1-13(2)8-19-9-14-4-3-5-17(7-14)21-12-15-6-16(18)11-20-10-15/h3-7,10-11,13,19H,8-9,12H2,1-2H3. The molecule has 2 rings (SSSR count). The van der Waals surface area contributed by atoms with Gasteiger partial charge in [0.2, 0.25) is 0 Å². The van der Waals surface area contributed by atoms with E-state index in [4.69, 9.17) is 4.74 Å². The quantitative estimate of drug-likeness (QED) is 0.846. The molecule has 0 radical (unpaired) electrons. The first-order valence-electron chi connectivity index (χ1n) is 7.15. The van der Waals surface area contributed by atoms with Crippen molar-refractivity contribution < 1.29 is 9.13 Å². The molecule has 0 saturated heterocycles. The van der Waals surface area contributed by atoms with Gasteiger partial charge in [-0.15, -0.1) is 0 Å². The molecule has 0 bridgehead atoms. The average molecular weight is 288 g/mol. The second-order valence-corrected chi connectivity index (χ2v) is 5.47. The van der Waals surface area contributed by atoms with Crippen LogP contribution in [0.4, 0.5) is 4.39 Å². The molecule has 0 saturated carbocycles. The molecule has 0 aliphatic carbocycles. The number of hydrogen-bond donors (Lipinski definition) is 1. The van der Waals surface area contributed by atoms with E-state index in [1.54, 1.807) is 6.20 Å². The fraction of sp³-hybridized carbons (Fsp3) is 0.353. The average Bonchev–Trinajstić information content (AvgIpc) is 2.45. The molecule has 1 heterocycles. The van der Waals surface area contributed by atoms with E-state index in [-0.39, 0.29) is 5.82 Å². The van der Waals surface area contributed by atoms with Crippen LogP contribution >= 0.6 is 0 Å². The van der Waals surface area contributed by atoms with Crippen LogP contribution in [0.25, 0.3) is 0 Å². The highest BCUT2D eigenvalue weighted by Gasteiger charge is 2.01. The second kappa shape index (κ2) is 7.74. The number of halogens is 1. The maximum Gasteiger partial charge on any atom is 0.141 e. The van der Waals surface area contributed by atoms with E-state index in [1.165, 1.54) is 17.8 Å². The highest BCUT2D eigenvalue weighted by Crippen LogP contribution is 2.15. The van der Waals surface area contributed by atoms with Crippen molar-refractivity contribution in [2.75, 3.05) is 6.54 Å². The predicted molar refractivity (Wildman–Crippen MR) is 81.5 cm³/mol. The normalized spacial score (nSPS) is 10.9. The van der Waals surface area contributed by atoms with Gasteiger partial charge in [0.15, 0.2) is 0 Å². The van der Waals surface area contributed by atoms with Crippen molar-refractivity contribution in [3.63, 3.8) is 0 Å². The van der Waals surface area contributed by atoms with Crippen molar-refractivity contribution in [3.8, 4) is 5.75 Å². The number of nitrogens with one attached hydrogen (secondary N) is 1. The van der Waals surface area contributed by atoms with Crippen LogP contribution in [0, 0.1) is 11.7 Å². The lowest BCUT2D eigenvalue weighted by molar-refractivity contribution is 0.304. The monoisotopic (exact) mass is 288 g/mol. The van der Waals surface area contributed by atoms with Crippen LogP contribution in [0.5, 0.6) is 5.75 Å². The molecule has 3 nitrogen and oxygen atoms in total. The zero-order valence-electron chi connectivity index (χ0n) is 12.5. The van der Waals surface area contributed by atoms with Gasteiger partial charge in [-0.2, -0.15) is 0 Å². The summed E-state index contributed by atoms with van der Waals surface area (Å²) in [4.78, 5) is 3.81. The van der Waals surface area contributed by atoms with Crippen LogP contribution in [-0.4, -0.2) is 11.5 Å². The van der Waals surface area contributed by atoms with Gasteiger partial charge in [0, 0.05) is 18.3 Å². The van der Waals surface area contributed by atoms with Crippen LogP contribution in [0.3, 0.4) is 0 Å². The molecule has 0 spiro atoms. The minimum atomic E-state index is -0.345. The van der Waals surface area contributed by atoms with Gasteiger partial charge in [0.05, 0.1) is 6.20 Å². The highest BCUT2D eigenvalue weighted by atomic mass is 19.1. The van der Waals surface area contributed by atoms with Crippen LogP contribution in [-0.2, 0) is 13.2 Å². The van der Waals surface area contributed by atoms with Crippen molar-refractivity contribution in [3.05, 3.63) is 59.7 Å². The number of rotatable bonds is 7. The highest BCUT2D eigenvalue weighted by molar-refractivity contribution is 5.28. The van der Waals surface area contributed by atoms with Crippen LogP contribution < -0.4 is 10.1 Å². The summed E-state index contributed by atoms with van der Waals surface area (Å²) in [6.07, 6.45) is 2.79. The SMILES string of the molecule is CC(C)CNCc1cccc(OCc2cncc(F)c2)c1. The summed E-state index contributed by atoms with van der Waals surface area (Å²) in [6.45, 7) is 6.48. The summed E-state index contributed by atoms with van der Waals surface area (Å²) in [5, 5.41) is 3.39. The minimum Gasteiger partial charge on any atom is -0.489 e. The molecule has 112 valence electrons. The van der Waals surface area contributed by atoms with Crippen molar-refractivity contribution in [1.82, 2.24) is 10.3 Å². The van der Waals surface area contributed by atoms with Gasteiger partial charge in [-0.1, -0.05) is 26.0 Å². The van der Waals surface area contributed by atoms with Gasteiger partial charge in [0.25, 0.3) is 0 Å². The van der Waals surface area contributed by atoms with Gasteiger partial charge in [-0.25, -0.2) is 4.39 Å². The van der Waals surface area contributed by atoms with E-state index in [9.17, 15) is 4.39 Å². The van der Waals surface area contributed by atoms with E-state index in [1.807, 2.05) is 18.2 Å². The fourth-order valence-corrected chi connectivity index (χ4v) is 1.95. The lowest BCUT2D eigenvalue weighted by Crippen LogP contribution is -2.18.